The molecule has 1 aromatic carbocycles. The molecule has 1 saturated carbocycles. The Morgan fingerprint density at radius 3 is 2.42 bits per heavy atom. The molecule has 1 nitrogen and oxygen atoms in total. The summed E-state index contributed by atoms with van der Waals surface area (Å²) in [5.41, 5.74) is 2.77. The quantitative estimate of drug-likeness (QED) is 0.617. The lowest BCUT2D eigenvalue weighted by atomic mass is 10.2. The second-order valence-corrected chi connectivity index (χ2v) is 3.39. The maximum Gasteiger partial charge on any atom is 0.0373 e. The van der Waals surface area contributed by atoms with E-state index in [1.165, 1.54) is 36.9 Å². The van der Waals surface area contributed by atoms with E-state index in [2.05, 4.69) is 29.6 Å². The van der Waals surface area contributed by atoms with E-state index < -0.39 is 0 Å². The van der Waals surface area contributed by atoms with Gasteiger partial charge in [0.05, 0.1) is 0 Å². The molecule has 0 radical (unpaired) electrons. The van der Waals surface area contributed by atoms with Crippen molar-refractivity contribution in [1.82, 2.24) is 0 Å². The average molecular weight is 161 g/mol. The van der Waals surface area contributed by atoms with Gasteiger partial charge in [0.15, 0.2) is 0 Å². The van der Waals surface area contributed by atoms with Crippen LogP contribution in [0.25, 0.3) is 0 Å². The van der Waals surface area contributed by atoms with Crippen LogP contribution in [0, 0.1) is 0 Å². The number of fused-ring (bicyclic) bond motifs is 1. The summed E-state index contributed by atoms with van der Waals surface area (Å²) in [6, 6.07) is 8.46. The summed E-state index contributed by atoms with van der Waals surface area (Å²) >= 11 is 0. The van der Waals surface area contributed by atoms with Crippen LogP contribution >= 0.6 is 0 Å². The Labute approximate surface area is 73.8 Å². The van der Waals surface area contributed by atoms with Crippen LogP contribution in [0.1, 0.15) is 24.8 Å². The summed E-state index contributed by atoms with van der Waals surface area (Å²) in [7, 11) is 0. The van der Waals surface area contributed by atoms with Gasteiger partial charge in [-0.15, -0.1) is 0 Å². The first-order valence-corrected chi connectivity index (χ1v) is 4.78. The summed E-state index contributed by atoms with van der Waals surface area (Å²) in [5, 5.41) is 3.30. The number of nitrogens with one attached hydrogen (secondary N) is 1. The second-order valence-electron chi connectivity index (χ2n) is 3.39. The average Bonchev–Trinajstić information content (AvgIpc) is 2.91. The van der Waals surface area contributed by atoms with E-state index in [1.54, 1.807) is 0 Å². The maximum atomic E-state index is 3.30. The molecule has 2 aliphatic rings. The molecule has 0 bridgehead atoms. The van der Waals surface area contributed by atoms with Crippen molar-refractivity contribution < 1.29 is 0 Å². The van der Waals surface area contributed by atoms with E-state index in [-0.39, 0.29) is 0 Å². The predicted octanol–water partition coefficient (Wildman–Crippen LogP) is 2.82. The molecule has 0 unspecified atom stereocenters. The summed E-state index contributed by atoms with van der Waals surface area (Å²) in [5.74, 6) is 0. The molecule has 1 heteroatoms. The third-order valence-electron chi connectivity index (χ3n) is 2.08. The highest BCUT2D eigenvalue weighted by molar-refractivity contribution is 5.54. The second kappa shape index (κ2) is 3.61. The smallest absolute Gasteiger partial charge is 0.0373 e. The van der Waals surface area contributed by atoms with Crippen LogP contribution in [-0.4, -0.2) is 6.54 Å². The third-order valence-corrected chi connectivity index (χ3v) is 2.08. The van der Waals surface area contributed by atoms with Crippen LogP contribution in [0.2, 0.25) is 0 Å². The van der Waals surface area contributed by atoms with Crippen LogP contribution in [0.3, 0.4) is 0 Å². The van der Waals surface area contributed by atoms with Crippen molar-refractivity contribution in [1.29, 1.82) is 0 Å². The third kappa shape index (κ3) is 2.00. The zero-order valence-electron chi connectivity index (χ0n) is 7.34. The van der Waals surface area contributed by atoms with Gasteiger partial charge in [0.2, 0.25) is 0 Å². The van der Waals surface area contributed by atoms with Crippen LogP contribution in [0.15, 0.2) is 24.3 Å². The molecule has 1 aliphatic heterocycles. The minimum absolute atomic E-state index is 1.11. The molecular formula is C11H15N. The minimum Gasteiger partial charge on any atom is -0.384 e. The lowest BCUT2D eigenvalue weighted by Gasteiger charge is -1.94. The van der Waals surface area contributed by atoms with Crippen molar-refractivity contribution in [3.8, 4) is 0 Å². The van der Waals surface area contributed by atoms with E-state index in [0.29, 0.717) is 0 Å². The van der Waals surface area contributed by atoms with Gasteiger partial charge >= 0.3 is 0 Å². The van der Waals surface area contributed by atoms with Gasteiger partial charge in [-0.1, -0.05) is 37.5 Å². The van der Waals surface area contributed by atoms with Crippen molar-refractivity contribution >= 4 is 5.69 Å². The minimum atomic E-state index is 1.11. The van der Waals surface area contributed by atoms with Gasteiger partial charge < -0.3 is 5.32 Å². The lowest BCUT2D eigenvalue weighted by Crippen LogP contribution is -1.90. The van der Waals surface area contributed by atoms with Crippen molar-refractivity contribution in [2.24, 2.45) is 0 Å². The molecule has 1 aliphatic carbocycles. The van der Waals surface area contributed by atoms with Crippen LogP contribution in [0.4, 0.5) is 5.69 Å². The molecular weight excluding hydrogens is 146 g/mol. The Kier molecular flexibility index (Phi) is 2.31. The monoisotopic (exact) mass is 161 g/mol. The summed E-state index contributed by atoms with van der Waals surface area (Å²) in [6.45, 7) is 1.11. The molecule has 0 aromatic heterocycles. The molecule has 1 aromatic rings. The molecule has 0 spiro atoms. The van der Waals surface area contributed by atoms with Gasteiger partial charge in [-0.05, 0) is 18.1 Å². The summed E-state index contributed by atoms with van der Waals surface area (Å²) in [4.78, 5) is 0. The maximum absolute atomic E-state index is 3.30. The highest BCUT2D eigenvalue weighted by atomic mass is 14.9. The molecule has 0 saturated heterocycles. The van der Waals surface area contributed by atoms with Gasteiger partial charge in [0.1, 0.15) is 0 Å². The number of hydrogen-bond donors (Lipinski definition) is 1. The molecule has 1 heterocycles. The topological polar surface area (TPSA) is 12.0 Å². The van der Waals surface area contributed by atoms with E-state index >= 15 is 0 Å². The number of rotatable bonds is 0. The van der Waals surface area contributed by atoms with Crippen molar-refractivity contribution in [3.05, 3.63) is 29.8 Å². The van der Waals surface area contributed by atoms with Crippen molar-refractivity contribution in [3.63, 3.8) is 0 Å². The summed E-state index contributed by atoms with van der Waals surface area (Å²) in [6.07, 6.45) is 5.69. The fraction of sp³-hybridized carbons (Fsp3) is 0.455. The molecule has 12 heavy (non-hydrogen) atoms. The Hall–Kier alpha value is -0.980. The number of hydrogen-bond acceptors (Lipinski definition) is 1. The molecule has 3 rings (SSSR count). The van der Waals surface area contributed by atoms with Crippen molar-refractivity contribution in [2.75, 3.05) is 11.9 Å². The Balaban J connectivity index is 0.000000159. The number of anilines is 1. The Morgan fingerprint density at radius 1 is 1.00 bits per heavy atom. The van der Waals surface area contributed by atoms with Gasteiger partial charge in [-0.2, -0.15) is 0 Å². The van der Waals surface area contributed by atoms with E-state index in [9.17, 15) is 0 Å². The largest absolute Gasteiger partial charge is 0.384 e. The van der Waals surface area contributed by atoms with Crippen LogP contribution in [-0.2, 0) is 6.42 Å². The molecule has 1 N–H and O–H groups in total. The first-order chi connectivity index (χ1) is 5.97. The van der Waals surface area contributed by atoms with Gasteiger partial charge in [-0.25, -0.2) is 0 Å². The van der Waals surface area contributed by atoms with Gasteiger partial charge in [0, 0.05) is 12.2 Å². The molecule has 0 atom stereocenters. The highest BCUT2D eigenvalue weighted by Gasteiger charge is 2.05. The van der Waals surface area contributed by atoms with Gasteiger partial charge in [-0.3, -0.25) is 0 Å². The van der Waals surface area contributed by atoms with Crippen molar-refractivity contribution in [2.45, 2.75) is 25.7 Å². The fourth-order valence-corrected chi connectivity index (χ4v) is 1.24. The zero-order chi connectivity index (χ0) is 8.23. The predicted molar refractivity (Wildman–Crippen MR) is 52.5 cm³/mol. The van der Waals surface area contributed by atoms with Crippen LogP contribution < -0.4 is 5.32 Å². The number of para-hydroxylation sites is 1. The summed E-state index contributed by atoms with van der Waals surface area (Å²) < 4.78 is 0. The Bertz CT molecular complexity index is 227. The van der Waals surface area contributed by atoms with Gasteiger partial charge in [0.25, 0.3) is 0 Å². The SMILES string of the molecule is C1CC1.c1ccc2c(c1)CCN2. The number of benzene rings is 1. The van der Waals surface area contributed by atoms with E-state index in [1.807, 2.05) is 0 Å². The molecule has 0 amide bonds. The Morgan fingerprint density at radius 2 is 1.75 bits per heavy atom. The van der Waals surface area contributed by atoms with Crippen LogP contribution in [0.5, 0.6) is 0 Å². The standard InChI is InChI=1S/C8H9N.C3H6/c1-2-4-8-7(3-1)5-6-9-8;1-2-3-1/h1-4,9H,5-6H2;1-3H2. The van der Waals surface area contributed by atoms with E-state index in [4.69, 9.17) is 0 Å². The molecule has 1 fully saturated rings. The fourth-order valence-electron chi connectivity index (χ4n) is 1.24. The first-order valence-electron chi connectivity index (χ1n) is 4.78. The normalized spacial score (nSPS) is 17.0. The highest BCUT2D eigenvalue weighted by Crippen LogP contribution is 2.19. The molecule has 64 valence electrons. The van der Waals surface area contributed by atoms with E-state index in [0.717, 1.165) is 6.54 Å². The lowest BCUT2D eigenvalue weighted by molar-refractivity contribution is 1.11. The zero-order valence-corrected chi connectivity index (χ0v) is 7.34. The first kappa shape index (κ1) is 7.66.